The predicted molar refractivity (Wildman–Crippen MR) is 173 cm³/mol. The number of ether oxygens (including phenoxy) is 1. The van der Waals surface area contributed by atoms with E-state index < -0.39 is 17.1 Å². The molecule has 0 saturated carbocycles. The summed E-state index contributed by atoms with van der Waals surface area (Å²) in [5, 5.41) is 5.43. The molecular formula is C33H25Cl2N3O5S. The highest BCUT2D eigenvalue weighted by Crippen LogP contribution is 2.36. The molecule has 0 aromatic heterocycles. The minimum Gasteiger partial charge on any atom is -0.497 e. The number of carbonyl (C=O) groups excluding carboxylic acids is 4. The van der Waals surface area contributed by atoms with Gasteiger partial charge in [0.05, 0.1) is 28.1 Å². The van der Waals surface area contributed by atoms with Crippen LogP contribution in [0.15, 0.2) is 108 Å². The Bertz CT molecular complexity index is 1760. The maximum absolute atomic E-state index is 13.5. The number of thioether (sulfide) groups is 1. The number of imide groups is 1. The van der Waals surface area contributed by atoms with Crippen molar-refractivity contribution in [2.45, 2.75) is 16.6 Å². The van der Waals surface area contributed by atoms with Gasteiger partial charge in [-0.3, -0.25) is 19.2 Å². The lowest BCUT2D eigenvalue weighted by Gasteiger charge is -2.16. The van der Waals surface area contributed by atoms with Crippen molar-refractivity contribution in [2.24, 2.45) is 0 Å². The second-order valence-electron chi connectivity index (χ2n) is 9.61. The molecule has 1 aliphatic heterocycles. The van der Waals surface area contributed by atoms with Crippen molar-refractivity contribution in [2.75, 3.05) is 17.3 Å². The molecule has 222 valence electrons. The van der Waals surface area contributed by atoms with Crippen molar-refractivity contribution in [3.05, 3.63) is 124 Å². The molecule has 1 atom stereocenters. The van der Waals surface area contributed by atoms with Gasteiger partial charge >= 0.3 is 0 Å². The molecule has 11 heteroatoms. The van der Waals surface area contributed by atoms with Crippen LogP contribution in [0, 0.1) is 0 Å². The molecule has 4 amide bonds. The molecule has 8 nitrogen and oxygen atoms in total. The maximum Gasteiger partial charge on any atom is 0.272 e. The number of halogens is 2. The van der Waals surface area contributed by atoms with Gasteiger partial charge in [0.25, 0.3) is 11.8 Å². The minimum atomic E-state index is -0.668. The molecular weight excluding hydrogens is 621 g/mol. The Morgan fingerprint density at radius 3 is 2.36 bits per heavy atom. The Balaban J connectivity index is 1.33. The van der Waals surface area contributed by atoms with Gasteiger partial charge in [-0.15, -0.1) is 11.8 Å². The van der Waals surface area contributed by atoms with Crippen LogP contribution < -0.4 is 20.3 Å². The van der Waals surface area contributed by atoms with E-state index in [0.717, 1.165) is 4.90 Å². The summed E-state index contributed by atoms with van der Waals surface area (Å²) in [5.74, 6) is -1.07. The van der Waals surface area contributed by atoms with Gasteiger partial charge in [-0.1, -0.05) is 59.6 Å². The van der Waals surface area contributed by atoms with E-state index in [4.69, 9.17) is 27.9 Å². The van der Waals surface area contributed by atoms with Gasteiger partial charge in [-0.05, 0) is 72.3 Å². The monoisotopic (exact) mass is 645 g/mol. The first kappa shape index (κ1) is 30.9. The number of nitrogens with one attached hydrogen (secondary N) is 2. The molecule has 4 aromatic carbocycles. The molecule has 2 N–H and O–H groups in total. The summed E-state index contributed by atoms with van der Waals surface area (Å²) in [6.45, 7) is 0. The Hall–Kier alpha value is -4.57. The SMILES string of the molecule is COc1ccc(/C=C(\NC(=O)c2ccccc2)C(=O)Nc2cccc(SC3CC(=O)N(c4ccc(Cl)c(Cl)c4)C3=O)c2)cc1. The minimum absolute atomic E-state index is 0.000592. The third kappa shape index (κ3) is 7.31. The van der Waals surface area contributed by atoms with Crippen molar-refractivity contribution in [3.8, 4) is 5.75 Å². The number of amides is 4. The lowest BCUT2D eigenvalue weighted by molar-refractivity contribution is -0.121. The number of rotatable bonds is 9. The van der Waals surface area contributed by atoms with Gasteiger partial charge in [-0.25, -0.2) is 4.90 Å². The first-order valence-electron chi connectivity index (χ1n) is 13.3. The molecule has 0 bridgehead atoms. The summed E-state index contributed by atoms with van der Waals surface area (Å²) in [7, 11) is 1.56. The van der Waals surface area contributed by atoms with Crippen LogP contribution in [0.25, 0.3) is 6.08 Å². The molecule has 0 radical (unpaired) electrons. The molecule has 1 saturated heterocycles. The molecule has 44 heavy (non-hydrogen) atoms. The lowest BCUT2D eigenvalue weighted by atomic mass is 10.1. The maximum atomic E-state index is 13.5. The Morgan fingerprint density at radius 2 is 1.66 bits per heavy atom. The van der Waals surface area contributed by atoms with Gasteiger partial charge in [0.1, 0.15) is 11.4 Å². The molecule has 5 rings (SSSR count). The van der Waals surface area contributed by atoms with Crippen LogP contribution in [0.2, 0.25) is 10.0 Å². The van der Waals surface area contributed by atoms with Crippen LogP contribution in [0.4, 0.5) is 11.4 Å². The summed E-state index contributed by atoms with van der Waals surface area (Å²) in [4.78, 5) is 54.1. The summed E-state index contributed by atoms with van der Waals surface area (Å²) in [6, 6.07) is 27.1. The molecule has 4 aromatic rings. The fourth-order valence-corrected chi connectivity index (χ4v) is 5.82. The number of benzene rings is 4. The Kier molecular flexibility index (Phi) is 9.69. The Labute approximate surface area is 268 Å². The summed E-state index contributed by atoms with van der Waals surface area (Å²) in [6.07, 6.45) is 1.56. The van der Waals surface area contributed by atoms with E-state index in [0.29, 0.717) is 38.2 Å². The molecule has 1 heterocycles. The first-order valence-corrected chi connectivity index (χ1v) is 15.0. The van der Waals surface area contributed by atoms with Crippen LogP contribution in [-0.2, 0) is 14.4 Å². The first-order chi connectivity index (χ1) is 21.2. The number of anilines is 2. The van der Waals surface area contributed by atoms with Gasteiger partial charge in [0.15, 0.2) is 0 Å². The third-order valence-corrected chi connectivity index (χ3v) is 8.51. The van der Waals surface area contributed by atoms with Gasteiger partial charge < -0.3 is 15.4 Å². The van der Waals surface area contributed by atoms with Crippen LogP contribution >= 0.6 is 35.0 Å². The Morgan fingerprint density at radius 1 is 0.909 bits per heavy atom. The number of nitrogens with zero attached hydrogens (tertiary/aromatic N) is 1. The van der Waals surface area contributed by atoms with Crippen LogP contribution in [0.1, 0.15) is 22.3 Å². The smallest absolute Gasteiger partial charge is 0.272 e. The second kappa shape index (κ2) is 13.8. The fourth-order valence-electron chi connectivity index (χ4n) is 4.41. The van der Waals surface area contributed by atoms with E-state index in [9.17, 15) is 19.2 Å². The van der Waals surface area contributed by atoms with Crippen molar-refractivity contribution < 1.29 is 23.9 Å². The van der Waals surface area contributed by atoms with Gasteiger partial charge in [-0.2, -0.15) is 0 Å². The second-order valence-corrected chi connectivity index (χ2v) is 11.7. The average molecular weight is 647 g/mol. The highest BCUT2D eigenvalue weighted by atomic mass is 35.5. The van der Waals surface area contributed by atoms with Crippen molar-refractivity contribution >= 4 is 76.0 Å². The zero-order chi connectivity index (χ0) is 31.2. The van der Waals surface area contributed by atoms with Crippen LogP contribution in [-0.4, -0.2) is 36.0 Å². The largest absolute Gasteiger partial charge is 0.497 e. The highest BCUT2D eigenvalue weighted by Gasteiger charge is 2.40. The standard InChI is InChI=1S/C33H25Cl2N3O5S/c1-43-24-13-10-20(11-14-24)16-28(37-31(40)21-6-3-2-4-7-21)32(41)36-22-8-5-9-25(17-22)44-29-19-30(39)38(33(29)42)23-12-15-26(34)27(35)18-23/h2-18,29H,19H2,1H3,(H,36,41)(H,37,40)/b28-16-. The predicted octanol–water partition coefficient (Wildman–Crippen LogP) is 6.84. The van der Waals surface area contributed by atoms with E-state index in [1.54, 1.807) is 98.1 Å². The van der Waals surface area contributed by atoms with E-state index in [1.807, 2.05) is 0 Å². The van der Waals surface area contributed by atoms with Gasteiger partial charge in [0.2, 0.25) is 11.8 Å². The quantitative estimate of drug-likeness (QED) is 0.153. The zero-order valence-electron chi connectivity index (χ0n) is 23.3. The van der Waals surface area contributed by atoms with Crippen LogP contribution in [0.5, 0.6) is 5.75 Å². The molecule has 1 fully saturated rings. The number of hydrogen-bond donors (Lipinski definition) is 2. The number of methoxy groups -OCH3 is 1. The van der Waals surface area contributed by atoms with Crippen LogP contribution in [0.3, 0.4) is 0 Å². The molecule has 0 spiro atoms. The van der Waals surface area contributed by atoms with E-state index >= 15 is 0 Å². The average Bonchev–Trinajstić information content (AvgIpc) is 3.30. The molecule has 1 aliphatic rings. The van der Waals surface area contributed by atoms with Crippen molar-refractivity contribution in [1.82, 2.24) is 5.32 Å². The van der Waals surface area contributed by atoms with Gasteiger partial charge in [0, 0.05) is 22.6 Å². The molecule has 0 aliphatic carbocycles. The van der Waals surface area contributed by atoms with E-state index in [1.165, 1.54) is 23.9 Å². The zero-order valence-corrected chi connectivity index (χ0v) is 25.6. The third-order valence-electron chi connectivity index (χ3n) is 6.59. The van der Waals surface area contributed by atoms with E-state index in [2.05, 4.69) is 10.6 Å². The topological polar surface area (TPSA) is 105 Å². The summed E-state index contributed by atoms with van der Waals surface area (Å²) < 4.78 is 5.21. The molecule has 1 unspecified atom stereocenters. The van der Waals surface area contributed by atoms with E-state index in [-0.39, 0.29) is 29.0 Å². The normalized spacial score (nSPS) is 14.8. The summed E-state index contributed by atoms with van der Waals surface area (Å²) >= 11 is 13.3. The lowest BCUT2D eigenvalue weighted by Crippen LogP contribution is -2.31. The fraction of sp³-hybridized carbons (Fsp3) is 0.0909. The highest BCUT2D eigenvalue weighted by molar-refractivity contribution is 8.00. The number of hydrogen-bond acceptors (Lipinski definition) is 6. The van der Waals surface area contributed by atoms with Crippen molar-refractivity contribution in [1.29, 1.82) is 0 Å². The summed E-state index contributed by atoms with van der Waals surface area (Å²) in [5.41, 5.74) is 1.88. The van der Waals surface area contributed by atoms with Crippen molar-refractivity contribution in [3.63, 3.8) is 0 Å². The number of carbonyl (C=O) groups is 4.